The van der Waals surface area contributed by atoms with Gasteiger partial charge >= 0.3 is 0 Å². The van der Waals surface area contributed by atoms with E-state index in [1.165, 1.54) is 17.8 Å². The van der Waals surface area contributed by atoms with Crippen molar-refractivity contribution in [2.45, 2.75) is 12.5 Å². The van der Waals surface area contributed by atoms with Crippen LogP contribution < -0.4 is 15.5 Å². The molecule has 86 valence electrons. The van der Waals surface area contributed by atoms with Crippen LogP contribution in [0.1, 0.15) is 6.42 Å². The topological polar surface area (TPSA) is 27.3 Å². The fourth-order valence-corrected chi connectivity index (χ4v) is 2.77. The van der Waals surface area contributed by atoms with E-state index in [2.05, 4.69) is 27.7 Å². The largest absolute Gasteiger partial charge is 0.383 e. The minimum Gasteiger partial charge on any atom is -0.383 e. The summed E-state index contributed by atoms with van der Waals surface area (Å²) >= 11 is 6.09. The third-order valence-electron chi connectivity index (χ3n) is 3.41. The fourth-order valence-electron chi connectivity index (χ4n) is 2.60. The number of fused-ring (bicyclic) bond motifs is 3. The fraction of sp³-hybridized carbons (Fsp3) is 0.500. The van der Waals surface area contributed by atoms with Gasteiger partial charge in [-0.2, -0.15) is 0 Å². The summed E-state index contributed by atoms with van der Waals surface area (Å²) < 4.78 is 0. The second-order valence-electron chi connectivity index (χ2n) is 4.43. The van der Waals surface area contributed by atoms with Gasteiger partial charge in [0.05, 0.1) is 11.4 Å². The zero-order chi connectivity index (χ0) is 11.0. The van der Waals surface area contributed by atoms with Crippen molar-refractivity contribution in [1.29, 1.82) is 0 Å². The van der Waals surface area contributed by atoms with E-state index in [9.17, 15) is 0 Å². The Morgan fingerprint density at radius 3 is 3.19 bits per heavy atom. The van der Waals surface area contributed by atoms with Crippen molar-refractivity contribution < 1.29 is 0 Å². The molecule has 1 aromatic carbocycles. The first-order valence-corrected chi connectivity index (χ1v) is 6.23. The summed E-state index contributed by atoms with van der Waals surface area (Å²) in [6.45, 7) is 4.24. The highest BCUT2D eigenvalue weighted by atomic mass is 35.5. The Morgan fingerprint density at radius 2 is 2.25 bits per heavy atom. The molecular weight excluding hydrogens is 222 g/mol. The molecule has 0 radical (unpaired) electrons. The molecule has 0 aliphatic carbocycles. The predicted octanol–water partition coefficient (Wildman–Crippen LogP) is 1.93. The molecule has 1 aromatic rings. The van der Waals surface area contributed by atoms with Crippen LogP contribution in [0.25, 0.3) is 0 Å². The Kier molecular flexibility index (Phi) is 2.65. The van der Waals surface area contributed by atoms with Crippen LogP contribution in [0.15, 0.2) is 18.2 Å². The standard InChI is InChI=1S/C12H16ClN3/c13-9-1-2-11-12(7-9)16-6-5-14-8-10(16)3-4-15-11/h1-2,7,10,14-15H,3-6,8H2/t10-/m0/s1. The zero-order valence-corrected chi connectivity index (χ0v) is 9.93. The van der Waals surface area contributed by atoms with E-state index in [0.29, 0.717) is 6.04 Å². The number of nitrogens with zero attached hydrogens (tertiary/aromatic N) is 1. The molecular formula is C12H16ClN3. The minimum atomic E-state index is 0.598. The lowest BCUT2D eigenvalue weighted by molar-refractivity contribution is 0.466. The Morgan fingerprint density at radius 1 is 1.31 bits per heavy atom. The van der Waals surface area contributed by atoms with Crippen molar-refractivity contribution in [2.24, 2.45) is 0 Å². The van der Waals surface area contributed by atoms with E-state index in [0.717, 1.165) is 31.2 Å². The average Bonchev–Trinajstić information content (AvgIpc) is 2.48. The lowest BCUT2D eigenvalue weighted by Gasteiger charge is -2.37. The van der Waals surface area contributed by atoms with Gasteiger partial charge in [0.15, 0.2) is 0 Å². The molecule has 0 saturated carbocycles. The second kappa shape index (κ2) is 4.15. The van der Waals surface area contributed by atoms with Gasteiger partial charge in [-0.05, 0) is 24.6 Å². The summed E-state index contributed by atoms with van der Waals surface area (Å²) in [5, 5.41) is 7.75. The van der Waals surface area contributed by atoms with Crippen molar-refractivity contribution in [2.75, 3.05) is 36.4 Å². The number of piperazine rings is 1. The molecule has 2 aliphatic rings. The van der Waals surface area contributed by atoms with Crippen LogP contribution in [0, 0.1) is 0 Å². The molecule has 3 nitrogen and oxygen atoms in total. The van der Waals surface area contributed by atoms with Crippen LogP contribution in [0.5, 0.6) is 0 Å². The van der Waals surface area contributed by atoms with E-state index >= 15 is 0 Å². The normalized spacial score (nSPS) is 24.1. The molecule has 0 aromatic heterocycles. The molecule has 0 unspecified atom stereocenters. The molecule has 0 bridgehead atoms. The Labute approximate surface area is 101 Å². The van der Waals surface area contributed by atoms with Crippen LogP contribution >= 0.6 is 11.6 Å². The van der Waals surface area contributed by atoms with Gasteiger partial charge < -0.3 is 15.5 Å². The highest BCUT2D eigenvalue weighted by molar-refractivity contribution is 6.31. The summed E-state index contributed by atoms with van der Waals surface area (Å²) in [5.41, 5.74) is 2.48. The summed E-state index contributed by atoms with van der Waals surface area (Å²) in [5.74, 6) is 0. The zero-order valence-electron chi connectivity index (χ0n) is 9.17. The Hall–Kier alpha value is -0.930. The molecule has 4 heteroatoms. The minimum absolute atomic E-state index is 0.598. The van der Waals surface area contributed by atoms with Gasteiger partial charge in [0.1, 0.15) is 0 Å². The first kappa shape index (κ1) is 10.2. The average molecular weight is 238 g/mol. The molecule has 2 N–H and O–H groups in total. The summed E-state index contributed by atoms with van der Waals surface area (Å²) in [6.07, 6.45) is 1.18. The van der Waals surface area contributed by atoms with Crippen molar-refractivity contribution in [3.8, 4) is 0 Å². The van der Waals surface area contributed by atoms with E-state index in [4.69, 9.17) is 11.6 Å². The summed E-state index contributed by atoms with van der Waals surface area (Å²) in [4.78, 5) is 2.48. The maximum atomic E-state index is 6.09. The summed E-state index contributed by atoms with van der Waals surface area (Å²) in [7, 11) is 0. The number of hydrogen-bond donors (Lipinski definition) is 2. The lowest BCUT2D eigenvalue weighted by atomic mass is 10.1. The molecule has 2 heterocycles. The maximum Gasteiger partial charge on any atom is 0.0620 e. The molecule has 1 fully saturated rings. The van der Waals surface area contributed by atoms with Crippen molar-refractivity contribution in [3.63, 3.8) is 0 Å². The van der Waals surface area contributed by atoms with Crippen molar-refractivity contribution in [1.82, 2.24) is 5.32 Å². The number of benzene rings is 1. The number of anilines is 2. The maximum absolute atomic E-state index is 6.09. The van der Waals surface area contributed by atoms with Crippen LogP contribution in [-0.4, -0.2) is 32.2 Å². The molecule has 1 atom stereocenters. The SMILES string of the molecule is Clc1ccc2c(c1)N1CCNC[C@@H]1CCN2. The third kappa shape index (κ3) is 1.74. The van der Waals surface area contributed by atoms with Gasteiger partial charge in [0, 0.05) is 37.2 Å². The highest BCUT2D eigenvalue weighted by Crippen LogP contribution is 2.33. The quantitative estimate of drug-likeness (QED) is 0.722. The van der Waals surface area contributed by atoms with Crippen molar-refractivity contribution in [3.05, 3.63) is 23.2 Å². The van der Waals surface area contributed by atoms with Crippen LogP contribution in [-0.2, 0) is 0 Å². The molecule has 16 heavy (non-hydrogen) atoms. The van der Waals surface area contributed by atoms with Crippen LogP contribution in [0.4, 0.5) is 11.4 Å². The van der Waals surface area contributed by atoms with Gasteiger partial charge in [-0.1, -0.05) is 11.6 Å². The molecule has 0 amide bonds. The Bertz CT molecular complexity index is 394. The first-order chi connectivity index (χ1) is 7.84. The van der Waals surface area contributed by atoms with E-state index in [-0.39, 0.29) is 0 Å². The monoisotopic (exact) mass is 237 g/mol. The smallest absolute Gasteiger partial charge is 0.0620 e. The first-order valence-electron chi connectivity index (χ1n) is 5.85. The van der Waals surface area contributed by atoms with Gasteiger partial charge in [0.2, 0.25) is 0 Å². The van der Waals surface area contributed by atoms with Gasteiger partial charge in [-0.25, -0.2) is 0 Å². The van der Waals surface area contributed by atoms with Crippen LogP contribution in [0.2, 0.25) is 5.02 Å². The van der Waals surface area contributed by atoms with Gasteiger partial charge in [-0.3, -0.25) is 0 Å². The Balaban J connectivity index is 2.02. The number of halogens is 1. The number of hydrogen-bond acceptors (Lipinski definition) is 3. The summed E-state index contributed by atoms with van der Waals surface area (Å²) in [6, 6.07) is 6.71. The van der Waals surface area contributed by atoms with Crippen LogP contribution in [0.3, 0.4) is 0 Å². The second-order valence-corrected chi connectivity index (χ2v) is 4.86. The predicted molar refractivity (Wildman–Crippen MR) is 68.6 cm³/mol. The van der Waals surface area contributed by atoms with E-state index in [1.54, 1.807) is 0 Å². The molecule has 2 aliphatic heterocycles. The van der Waals surface area contributed by atoms with Gasteiger partial charge in [-0.15, -0.1) is 0 Å². The van der Waals surface area contributed by atoms with Gasteiger partial charge in [0.25, 0.3) is 0 Å². The molecule has 0 spiro atoms. The number of rotatable bonds is 0. The highest BCUT2D eigenvalue weighted by Gasteiger charge is 2.26. The lowest BCUT2D eigenvalue weighted by Crippen LogP contribution is -2.51. The third-order valence-corrected chi connectivity index (χ3v) is 3.65. The van der Waals surface area contributed by atoms with E-state index in [1.807, 2.05) is 6.07 Å². The van der Waals surface area contributed by atoms with Crippen molar-refractivity contribution >= 4 is 23.0 Å². The molecule has 1 saturated heterocycles. The van der Waals surface area contributed by atoms with E-state index < -0.39 is 0 Å². The number of nitrogens with one attached hydrogen (secondary N) is 2. The molecule has 3 rings (SSSR count).